The monoisotopic (exact) mass is 318 g/mol. The van der Waals surface area contributed by atoms with Crippen molar-refractivity contribution in [3.8, 4) is 0 Å². The van der Waals surface area contributed by atoms with Gasteiger partial charge in [-0.1, -0.05) is 32.4 Å². The highest BCUT2D eigenvalue weighted by Crippen LogP contribution is 2.29. The van der Waals surface area contributed by atoms with Gasteiger partial charge < -0.3 is 4.43 Å². The van der Waals surface area contributed by atoms with Gasteiger partial charge in [0.25, 0.3) is 0 Å². The van der Waals surface area contributed by atoms with E-state index >= 15 is 0 Å². The molecule has 0 radical (unpaired) electrons. The Morgan fingerprint density at radius 3 is 2.00 bits per heavy atom. The van der Waals surface area contributed by atoms with Crippen LogP contribution < -0.4 is 0 Å². The Morgan fingerprint density at radius 1 is 1.00 bits per heavy atom. The molecule has 0 bridgehead atoms. The maximum absolute atomic E-state index is 12.5. The third-order valence-corrected chi connectivity index (χ3v) is 9.06. The Bertz CT molecular complexity index is 402. The molecule has 1 nitrogen and oxygen atoms in total. The van der Waals surface area contributed by atoms with E-state index in [0.29, 0.717) is 0 Å². The first kappa shape index (κ1) is 18.2. The Labute approximate surface area is 126 Å². The van der Waals surface area contributed by atoms with Crippen LogP contribution >= 0.6 is 0 Å². The molecule has 0 N–H and O–H groups in total. The van der Waals surface area contributed by atoms with E-state index in [2.05, 4.69) is 13.8 Å². The summed E-state index contributed by atoms with van der Waals surface area (Å²) in [6, 6.07) is 8.90. The van der Waals surface area contributed by atoms with Crippen LogP contribution in [0.3, 0.4) is 0 Å². The van der Waals surface area contributed by atoms with Crippen LogP contribution in [0.2, 0.25) is 18.1 Å². The number of unbranched alkanes of at least 4 members (excludes halogenated alkanes) is 1. The number of hydrogen-bond donors (Lipinski definition) is 0. The molecule has 0 aromatic heterocycles. The lowest BCUT2D eigenvalue weighted by Gasteiger charge is -2.27. The van der Waals surface area contributed by atoms with Gasteiger partial charge in [-0.3, -0.25) is 0 Å². The number of aryl methyl sites for hydroxylation is 1. The summed E-state index contributed by atoms with van der Waals surface area (Å²) in [5, 5.41) is 0. The van der Waals surface area contributed by atoms with Crippen LogP contribution in [-0.4, -0.2) is 15.4 Å². The molecule has 120 valence electrons. The maximum Gasteiger partial charge on any atom is 0.416 e. The van der Waals surface area contributed by atoms with E-state index in [4.69, 9.17) is 4.43 Å². The molecular weight excluding hydrogens is 293 g/mol. The van der Waals surface area contributed by atoms with Crippen LogP contribution in [0, 0.1) is 0 Å². The Morgan fingerprint density at radius 2 is 1.57 bits per heavy atom. The number of hydrogen-bond acceptors (Lipinski definition) is 1. The molecule has 1 aromatic carbocycles. The van der Waals surface area contributed by atoms with Crippen molar-refractivity contribution in [1.29, 1.82) is 0 Å². The normalized spacial score (nSPS) is 12.7. The average molecular weight is 318 g/mol. The first-order valence-corrected chi connectivity index (χ1v) is 10.1. The van der Waals surface area contributed by atoms with Crippen LogP contribution in [0.4, 0.5) is 13.2 Å². The van der Waals surface area contributed by atoms with Crippen LogP contribution in [0.25, 0.3) is 0 Å². The lowest BCUT2D eigenvalue weighted by molar-refractivity contribution is -0.137. The minimum Gasteiger partial charge on any atom is -0.420 e. The summed E-state index contributed by atoms with van der Waals surface area (Å²) in [7, 11) is 0.276. The minimum atomic E-state index is -4.25. The SMILES string of the molecule is CC[Si](CC)(CCCCc1ccc(C(F)(F)F)cc1)OC. The molecule has 0 spiro atoms. The molecular formula is C16H25F3OSi. The maximum atomic E-state index is 12.5. The van der Waals surface area contributed by atoms with Gasteiger partial charge in [-0.25, -0.2) is 0 Å². The van der Waals surface area contributed by atoms with E-state index in [1.807, 2.05) is 7.11 Å². The minimum absolute atomic E-state index is 0.575. The molecule has 0 aliphatic carbocycles. The van der Waals surface area contributed by atoms with Gasteiger partial charge >= 0.3 is 6.18 Å². The fourth-order valence-electron chi connectivity index (χ4n) is 2.63. The standard InChI is InChI=1S/C16H25F3OSi/c1-4-21(5-2,20-3)13-7-6-8-14-9-11-15(12-10-14)16(17,18)19/h9-12H,4-8,13H2,1-3H3. The van der Waals surface area contributed by atoms with Gasteiger partial charge in [0.05, 0.1) is 5.56 Å². The average Bonchev–Trinajstić information content (AvgIpc) is 2.48. The molecule has 0 amide bonds. The van der Waals surface area contributed by atoms with Crippen molar-refractivity contribution in [1.82, 2.24) is 0 Å². The summed E-state index contributed by atoms with van der Waals surface area (Å²) in [6.45, 7) is 4.38. The van der Waals surface area contributed by atoms with Gasteiger partial charge in [-0.05, 0) is 48.7 Å². The fourth-order valence-corrected chi connectivity index (χ4v) is 5.51. The fraction of sp³-hybridized carbons (Fsp3) is 0.625. The van der Waals surface area contributed by atoms with Gasteiger partial charge in [0, 0.05) is 7.11 Å². The second-order valence-corrected chi connectivity index (χ2v) is 10.2. The number of rotatable bonds is 8. The highest BCUT2D eigenvalue weighted by atomic mass is 28.4. The predicted molar refractivity (Wildman–Crippen MR) is 82.9 cm³/mol. The van der Waals surface area contributed by atoms with Crippen molar-refractivity contribution >= 4 is 8.32 Å². The molecule has 21 heavy (non-hydrogen) atoms. The van der Waals surface area contributed by atoms with Crippen molar-refractivity contribution < 1.29 is 17.6 Å². The topological polar surface area (TPSA) is 9.23 Å². The van der Waals surface area contributed by atoms with Crippen LogP contribution in [0.1, 0.15) is 37.8 Å². The second kappa shape index (κ2) is 7.99. The molecule has 5 heteroatoms. The Hall–Kier alpha value is -0.813. The Kier molecular flexibility index (Phi) is 6.94. The summed E-state index contributed by atoms with van der Waals surface area (Å²) in [6.07, 6.45) is -1.32. The van der Waals surface area contributed by atoms with Crippen molar-refractivity contribution in [3.05, 3.63) is 35.4 Å². The quantitative estimate of drug-likeness (QED) is 0.444. The molecule has 0 atom stereocenters. The van der Waals surface area contributed by atoms with Gasteiger partial charge in [0.2, 0.25) is 0 Å². The predicted octanol–water partition coefficient (Wildman–Crippen LogP) is 5.66. The summed E-state index contributed by atoms with van der Waals surface area (Å²) >= 11 is 0. The van der Waals surface area contributed by atoms with E-state index in [-0.39, 0.29) is 0 Å². The van der Waals surface area contributed by atoms with E-state index < -0.39 is 20.1 Å². The van der Waals surface area contributed by atoms with Gasteiger partial charge in [-0.15, -0.1) is 0 Å². The number of alkyl halides is 3. The Balaban J connectivity index is 2.43. The van der Waals surface area contributed by atoms with Crippen molar-refractivity contribution in [2.75, 3.05) is 7.11 Å². The van der Waals surface area contributed by atoms with Crippen molar-refractivity contribution in [3.63, 3.8) is 0 Å². The smallest absolute Gasteiger partial charge is 0.416 e. The van der Waals surface area contributed by atoms with E-state index in [9.17, 15) is 13.2 Å². The first-order valence-electron chi connectivity index (χ1n) is 7.58. The first-order chi connectivity index (χ1) is 9.87. The van der Waals surface area contributed by atoms with Crippen LogP contribution in [-0.2, 0) is 17.0 Å². The van der Waals surface area contributed by atoms with Gasteiger partial charge in [-0.2, -0.15) is 13.2 Å². The zero-order valence-electron chi connectivity index (χ0n) is 13.1. The van der Waals surface area contributed by atoms with E-state index in [0.717, 1.165) is 43.0 Å². The number of benzene rings is 1. The second-order valence-electron chi connectivity index (χ2n) is 5.50. The summed E-state index contributed by atoms with van der Waals surface area (Å²) in [5.74, 6) is 0. The largest absolute Gasteiger partial charge is 0.420 e. The van der Waals surface area contributed by atoms with Crippen molar-refractivity contribution in [2.24, 2.45) is 0 Å². The zero-order valence-corrected chi connectivity index (χ0v) is 14.1. The van der Waals surface area contributed by atoms with Crippen LogP contribution in [0.15, 0.2) is 24.3 Å². The molecule has 0 heterocycles. The van der Waals surface area contributed by atoms with E-state index in [1.165, 1.54) is 12.1 Å². The highest BCUT2D eigenvalue weighted by Gasteiger charge is 2.30. The number of halogens is 3. The molecule has 0 fully saturated rings. The highest BCUT2D eigenvalue weighted by molar-refractivity contribution is 6.73. The summed E-state index contributed by atoms with van der Waals surface area (Å²) in [5.41, 5.74) is 0.398. The molecule has 1 aromatic rings. The van der Waals surface area contributed by atoms with Crippen molar-refractivity contribution in [2.45, 2.75) is 57.4 Å². The van der Waals surface area contributed by atoms with Gasteiger partial charge in [0.1, 0.15) is 0 Å². The molecule has 0 aliphatic heterocycles. The third kappa shape index (κ3) is 5.47. The van der Waals surface area contributed by atoms with Gasteiger partial charge in [0.15, 0.2) is 8.32 Å². The molecule has 0 saturated carbocycles. The lowest BCUT2D eigenvalue weighted by Crippen LogP contribution is -2.34. The zero-order chi connectivity index (χ0) is 15.9. The third-order valence-electron chi connectivity index (χ3n) is 4.35. The molecule has 0 saturated heterocycles. The summed E-state index contributed by atoms with van der Waals surface area (Å²) < 4.78 is 43.2. The molecule has 0 aliphatic rings. The summed E-state index contributed by atoms with van der Waals surface area (Å²) in [4.78, 5) is 0. The van der Waals surface area contributed by atoms with E-state index in [1.54, 1.807) is 12.1 Å². The van der Waals surface area contributed by atoms with Crippen LogP contribution in [0.5, 0.6) is 0 Å². The molecule has 0 unspecified atom stereocenters. The lowest BCUT2D eigenvalue weighted by atomic mass is 10.1. The molecule has 1 rings (SSSR count).